The number of nitrogens with zero attached hydrogens (tertiary/aromatic N) is 2. The third kappa shape index (κ3) is 3.62. The second-order valence-electron chi connectivity index (χ2n) is 8.88. The molecule has 1 atom stereocenters. The average Bonchev–Trinajstić information content (AvgIpc) is 3.01. The van der Waals surface area contributed by atoms with Crippen molar-refractivity contribution < 1.29 is 23.9 Å². The summed E-state index contributed by atoms with van der Waals surface area (Å²) >= 11 is 0. The molecular weight excluding hydrogens is 414 g/mol. The molecule has 0 aromatic heterocycles. The minimum atomic E-state index is -0.945. The lowest BCUT2D eigenvalue weighted by Gasteiger charge is -2.51. The van der Waals surface area contributed by atoms with Crippen LogP contribution in [0.5, 0.6) is 0 Å². The summed E-state index contributed by atoms with van der Waals surface area (Å²) in [6, 6.07) is 4.26. The molecule has 0 aliphatic carbocycles. The Morgan fingerprint density at radius 3 is 2.50 bits per heavy atom. The molecule has 170 valence electrons. The highest BCUT2D eigenvalue weighted by molar-refractivity contribution is 6.23. The highest BCUT2D eigenvalue weighted by atomic mass is 16.5. The maximum atomic E-state index is 13.0. The lowest BCUT2D eigenvalue weighted by Crippen LogP contribution is -2.69. The fraction of sp³-hybridized carbons (Fsp3) is 0.545. The number of imide groups is 2. The van der Waals surface area contributed by atoms with Crippen LogP contribution in [0.3, 0.4) is 0 Å². The van der Waals surface area contributed by atoms with Gasteiger partial charge in [-0.1, -0.05) is 6.07 Å². The molecule has 0 radical (unpaired) electrons. The molecule has 3 fully saturated rings. The fourth-order valence-corrected chi connectivity index (χ4v) is 4.94. The predicted molar refractivity (Wildman–Crippen MR) is 113 cm³/mol. The zero-order chi connectivity index (χ0) is 22.3. The molecule has 32 heavy (non-hydrogen) atoms. The van der Waals surface area contributed by atoms with Crippen LogP contribution >= 0.6 is 0 Å². The normalized spacial score (nSPS) is 25.5. The largest absolute Gasteiger partial charge is 0.377 e. The molecule has 1 aromatic rings. The van der Waals surface area contributed by atoms with E-state index in [9.17, 15) is 19.2 Å². The summed E-state index contributed by atoms with van der Waals surface area (Å²) < 4.78 is 5.52. The molecule has 4 amide bonds. The Hall–Kier alpha value is -2.66. The van der Waals surface area contributed by atoms with Gasteiger partial charge < -0.3 is 15.4 Å². The molecule has 4 aliphatic heterocycles. The van der Waals surface area contributed by atoms with Crippen molar-refractivity contribution in [1.29, 1.82) is 0 Å². The maximum Gasteiger partial charge on any atom is 0.262 e. The van der Waals surface area contributed by atoms with Gasteiger partial charge in [0.05, 0.1) is 29.9 Å². The number of carbonyl (C=O) groups excluding carboxylic acids is 4. The Labute approximate surface area is 185 Å². The van der Waals surface area contributed by atoms with Crippen molar-refractivity contribution in [3.63, 3.8) is 0 Å². The molecule has 1 unspecified atom stereocenters. The van der Waals surface area contributed by atoms with Gasteiger partial charge in [0.15, 0.2) is 0 Å². The van der Waals surface area contributed by atoms with E-state index in [4.69, 9.17) is 4.74 Å². The summed E-state index contributed by atoms with van der Waals surface area (Å²) in [5.74, 6) is -1.94. The summed E-state index contributed by atoms with van der Waals surface area (Å²) in [4.78, 5) is 52.9. The van der Waals surface area contributed by atoms with Gasteiger partial charge in [0.1, 0.15) is 6.04 Å². The first kappa shape index (κ1) is 21.2. The molecule has 3 N–H and O–H groups in total. The quantitative estimate of drug-likeness (QED) is 0.474. The first-order valence-electron chi connectivity index (χ1n) is 11.1. The molecule has 3 saturated heterocycles. The van der Waals surface area contributed by atoms with Crippen LogP contribution in [0.1, 0.15) is 39.1 Å². The number of carbonyl (C=O) groups is 4. The number of nitrogens with one attached hydrogen (secondary N) is 3. The van der Waals surface area contributed by atoms with Crippen LogP contribution in [0.2, 0.25) is 0 Å². The van der Waals surface area contributed by atoms with Crippen LogP contribution in [-0.2, 0) is 20.9 Å². The van der Waals surface area contributed by atoms with E-state index >= 15 is 0 Å². The van der Waals surface area contributed by atoms with Gasteiger partial charge >= 0.3 is 0 Å². The smallest absolute Gasteiger partial charge is 0.262 e. The first-order chi connectivity index (χ1) is 15.5. The number of piperazine rings is 1. The Balaban J connectivity index is 1.25. The van der Waals surface area contributed by atoms with Crippen molar-refractivity contribution in [2.24, 2.45) is 0 Å². The highest BCUT2D eigenvalue weighted by Crippen LogP contribution is 2.29. The number of rotatable bonds is 6. The predicted octanol–water partition coefficient (Wildman–Crippen LogP) is -1.15. The van der Waals surface area contributed by atoms with Crippen LogP contribution in [0, 0.1) is 0 Å². The van der Waals surface area contributed by atoms with Crippen LogP contribution in [0.15, 0.2) is 18.2 Å². The van der Waals surface area contributed by atoms with E-state index < -0.39 is 23.8 Å². The monoisotopic (exact) mass is 441 g/mol. The highest BCUT2D eigenvalue weighted by Gasteiger charge is 2.45. The van der Waals surface area contributed by atoms with Crippen molar-refractivity contribution in [2.45, 2.75) is 31.0 Å². The zero-order valence-corrected chi connectivity index (χ0v) is 17.8. The van der Waals surface area contributed by atoms with E-state index in [1.165, 1.54) is 0 Å². The van der Waals surface area contributed by atoms with Crippen LogP contribution < -0.4 is 16.0 Å². The first-order valence-corrected chi connectivity index (χ1v) is 11.1. The lowest BCUT2D eigenvalue weighted by molar-refractivity contribution is -0.141. The van der Waals surface area contributed by atoms with Crippen LogP contribution in [0.4, 0.5) is 0 Å². The molecule has 4 heterocycles. The number of benzene rings is 1. The topological polar surface area (TPSA) is 120 Å². The molecule has 4 aliphatic rings. The zero-order valence-electron chi connectivity index (χ0n) is 17.8. The summed E-state index contributed by atoms with van der Waals surface area (Å²) in [6.45, 7) is 6.70. The van der Waals surface area contributed by atoms with Crippen molar-refractivity contribution in [3.05, 3.63) is 34.9 Å². The van der Waals surface area contributed by atoms with E-state index in [-0.39, 0.29) is 24.3 Å². The summed E-state index contributed by atoms with van der Waals surface area (Å²) in [5.41, 5.74) is 1.51. The van der Waals surface area contributed by atoms with Crippen LogP contribution in [-0.4, -0.2) is 90.9 Å². The lowest BCUT2D eigenvalue weighted by atomic mass is 9.93. The van der Waals surface area contributed by atoms with Crippen molar-refractivity contribution >= 4 is 23.6 Å². The number of amides is 4. The summed E-state index contributed by atoms with van der Waals surface area (Å²) in [6.07, 6.45) is 0.262. The van der Waals surface area contributed by atoms with Crippen molar-refractivity contribution in [1.82, 2.24) is 25.8 Å². The molecular formula is C22H27N5O5. The molecule has 10 nitrogen and oxygen atoms in total. The summed E-state index contributed by atoms with van der Waals surface area (Å²) in [7, 11) is 0. The Bertz CT molecular complexity index is 969. The molecule has 0 bridgehead atoms. The molecule has 0 spiro atoms. The molecule has 5 rings (SSSR count). The maximum absolute atomic E-state index is 13.0. The van der Waals surface area contributed by atoms with E-state index in [1.807, 2.05) is 6.07 Å². The van der Waals surface area contributed by atoms with E-state index in [0.717, 1.165) is 43.2 Å². The van der Waals surface area contributed by atoms with Gasteiger partial charge in [-0.15, -0.1) is 0 Å². The van der Waals surface area contributed by atoms with Crippen LogP contribution in [0.25, 0.3) is 0 Å². The minimum absolute atomic E-state index is 0.00713. The SMILES string of the molecule is O=C1CCC(N2C(=O)c3ccc(CNCC4(N5CCNCC5)COC4)cc3C2=O)C(=O)N1. The van der Waals surface area contributed by atoms with E-state index in [1.54, 1.807) is 12.1 Å². The van der Waals surface area contributed by atoms with Gasteiger partial charge in [-0.2, -0.15) is 0 Å². The molecule has 10 heteroatoms. The van der Waals surface area contributed by atoms with Crippen molar-refractivity contribution in [3.8, 4) is 0 Å². The minimum Gasteiger partial charge on any atom is -0.377 e. The van der Waals surface area contributed by atoms with Gasteiger partial charge in [-0.3, -0.25) is 34.3 Å². The summed E-state index contributed by atoms with van der Waals surface area (Å²) in [5, 5.41) is 9.08. The Kier molecular flexibility index (Phi) is 5.54. The fourth-order valence-electron chi connectivity index (χ4n) is 4.94. The van der Waals surface area contributed by atoms with Gasteiger partial charge in [0, 0.05) is 45.7 Å². The Morgan fingerprint density at radius 1 is 1.06 bits per heavy atom. The molecule has 0 saturated carbocycles. The van der Waals surface area contributed by atoms with E-state index in [0.29, 0.717) is 30.9 Å². The third-order valence-electron chi connectivity index (χ3n) is 6.82. The van der Waals surface area contributed by atoms with Gasteiger partial charge in [-0.05, 0) is 24.1 Å². The number of hydrogen-bond donors (Lipinski definition) is 3. The number of fused-ring (bicyclic) bond motifs is 1. The van der Waals surface area contributed by atoms with Gasteiger partial charge in [0.25, 0.3) is 11.8 Å². The van der Waals surface area contributed by atoms with E-state index in [2.05, 4.69) is 20.9 Å². The van der Waals surface area contributed by atoms with Gasteiger partial charge in [-0.25, -0.2) is 0 Å². The number of ether oxygens (including phenoxy) is 1. The third-order valence-corrected chi connectivity index (χ3v) is 6.82. The second-order valence-corrected chi connectivity index (χ2v) is 8.88. The van der Waals surface area contributed by atoms with Crippen molar-refractivity contribution in [2.75, 3.05) is 45.9 Å². The second kappa shape index (κ2) is 8.36. The average molecular weight is 441 g/mol. The molecule has 1 aromatic carbocycles. The number of piperidine rings is 1. The standard InChI is InChI=1S/C22H27N5O5/c28-18-4-3-17(19(29)25-18)27-20(30)15-2-1-14(9-16(15)21(27)31)10-24-11-22(12-32-13-22)26-7-5-23-6-8-26/h1-2,9,17,23-24H,3-8,10-13H2,(H,25,28,29). The Morgan fingerprint density at radius 2 is 1.81 bits per heavy atom. The number of hydrogen-bond acceptors (Lipinski definition) is 8. The van der Waals surface area contributed by atoms with Gasteiger partial charge in [0.2, 0.25) is 11.8 Å².